The molecule has 0 radical (unpaired) electrons. The zero-order chi connectivity index (χ0) is 39.5. The first-order valence-corrected chi connectivity index (χ1v) is 16.9. The van der Waals surface area contributed by atoms with Crippen LogP contribution in [0.4, 0.5) is 0 Å². The number of ether oxygens (including phenoxy) is 6. The van der Waals surface area contributed by atoms with Crippen molar-refractivity contribution in [2.45, 2.75) is 77.4 Å². The highest BCUT2D eigenvalue weighted by atomic mass is 16.6. The third-order valence-corrected chi connectivity index (χ3v) is 8.34. The number of carbonyl (C=O) groups excluding carboxylic acids is 5. The molecule has 15 heteroatoms. The molecule has 0 spiro atoms. The summed E-state index contributed by atoms with van der Waals surface area (Å²) in [5, 5.41) is 12.6. The summed E-state index contributed by atoms with van der Waals surface area (Å²) in [4.78, 5) is 82.6. The normalized spacial score (nSPS) is 14.6. The van der Waals surface area contributed by atoms with Crippen molar-refractivity contribution in [3.8, 4) is 5.75 Å². The van der Waals surface area contributed by atoms with Gasteiger partial charge >= 0.3 is 35.8 Å². The lowest BCUT2D eigenvalue weighted by Gasteiger charge is -2.34. The first-order valence-electron chi connectivity index (χ1n) is 16.9. The Kier molecular flexibility index (Phi) is 13.9. The number of hydrogen-bond donors (Lipinski definition) is 2. The van der Waals surface area contributed by atoms with Gasteiger partial charge in [0.1, 0.15) is 12.4 Å². The molecule has 4 aromatic rings. The summed E-state index contributed by atoms with van der Waals surface area (Å²) < 4.78 is 32.7. The fourth-order valence-electron chi connectivity index (χ4n) is 5.81. The smallest absolute Gasteiger partial charge is 0.328 e. The summed E-state index contributed by atoms with van der Waals surface area (Å²) in [6, 6.07) is 16.7. The van der Waals surface area contributed by atoms with Gasteiger partial charge in [0.25, 0.3) is 0 Å². The molecule has 0 amide bonds. The number of para-hydroxylation sites is 1. The highest BCUT2D eigenvalue weighted by Crippen LogP contribution is 2.27. The van der Waals surface area contributed by atoms with Gasteiger partial charge in [0.05, 0.1) is 13.0 Å². The average molecular weight is 747 g/mol. The number of aliphatic imine (C=N–C) groups is 1. The van der Waals surface area contributed by atoms with E-state index in [2.05, 4.69) is 9.98 Å². The van der Waals surface area contributed by atoms with Crippen LogP contribution in [0.2, 0.25) is 0 Å². The van der Waals surface area contributed by atoms with E-state index in [9.17, 15) is 33.9 Å². The minimum absolute atomic E-state index is 0.0795. The fraction of sp³-hybridized carbons (Fsp3) is 0.359. The monoisotopic (exact) mass is 746 g/mol. The number of benzene rings is 3. The molecule has 286 valence electrons. The molecule has 3 aromatic carbocycles. The van der Waals surface area contributed by atoms with Gasteiger partial charge in [-0.1, -0.05) is 42.5 Å². The van der Waals surface area contributed by atoms with Gasteiger partial charge in [-0.3, -0.25) is 29.0 Å². The molecular formula is C39H42N2O13. The maximum absolute atomic E-state index is 13.4. The molecule has 54 heavy (non-hydrogen) atoms. The summed E-state index contributed by atoms with van der Waals surface area (Å²) in [6.07, 6.45) is -4.27. The number of rotatable bonds is 17. The van der Waals surface area contributed by atoms with Crippen LogP contribution in [0.5, 0.6) is 5.75 Å². The highest BCUT2D eigenvalue weighted by molar-refractivity contribution is 5.87. The molecule has 4 rings (SSSR count). The second kappa shape index (κ2) is 18.5. The zero-order valence-corrected chi connectivity index (χ0v) is 30.6. The Morgan fingerprint density at radius 2 is 1.43 bits per heavy atom. The summed E-state index contributed by atoms with van der Waals surface area (Å²) in [5.74, 6) is -5.82. The second-order valence-corrected chi connectivity index (χ2v) is 12.4. The van der Waals surface area contributed by atoms with E-state index in [1.807, 2.05) is 42.5 Å². The van der Waals surface area contributed by atoms with E-state index in [-0.39, 0.29) is 6.42 Å². The molecule has 2 N–H and O–H groups in total. The third-order valence-electron chi connectivity index (χ3n) is 8.34. The third kappa shape index (κ3) is 10.9. The lowest BCUT2D eigenvalue weighted by atomic mass is 9.97. The SMILES string of the molecule is COc1ccc2cc(C(C)C(=O)OCC(OC(C)=O)C(OC(C)=O)C(OC(C)=O)C(C=N[C@@H](Cc3c[nH]c4ccccc34)C(=O)O)OC(C)=O)ccc2c1. The van der Waals surface area contributed by atoms with Crippen LogP contribution in [0.1, 0.15) is 51.7 Å². The van der Waals surface area contributed by atoms with Gasteiger partial charge in [-0.25, -0.2) is 4.79 Å². The van der Waals surface area contributed by atoms with Crippen LogP contribution in [-0.2, 0) is 58.9 Å². The predicted octanol–water partition coefficient (Wildman–Crippen LogP) is 4.47. The summed E-state index contributed by atoms with van der Waals surface area (Å²) in [6.45, 7) is 5.08. The molecule has 6 atom stereocenters. The van der Waals surface area contributed by atoms with Crippen molar-refractivity contribution in [2.75, 3.05) is 13.7 Å². The quantitative estimate of drug-likeness (QED) is 0.0870. The van der Waals surface area contributed by atoms with Crippen molar-refractivity contribution in [1.29, 1.82) is 0 Å². The van der Waals surface area contributed by atoms with Crippen molar-refractivity contribution >= 4 is 63.7 Å². The molecule has 15 nitrogen and oxygen atoms in total. The molecule has 0 fully saturated rings. The Bertz CT molecular complexity index is 2040. The largest absolute Gasteiger partial charge is 0.497 e. The fourth-order valence-corrected chi connectivity index (χ4v) is 5.81. The number of nitrogens with one attached hydrogen (secondary N) is 1. The van der Waals surface area contributed by atoms with Crippen LogP contribution >= 0.6 is 0 Å². The summed E-state index contributed by atoms with van der Waals surface area (Å²) >= 11 is 0. The standard InChI is InChI=1S/C39H42N2O13/c1-21(26-11-12-28-16-30(49-6)14-13-27(28)15-26)39(48)50-20-35(52-23(3)43)37(54-25(5)45)36(53-24(4)44)34(51-22(2)42)19-41-33(38(46)47)17-29-18-40-32-10-8-7-9-31(29)32/h7-16,18-19,21,33-37,40H,17,20H2,1-6H3,(H,46,47)/t21?,33-,34?,35?,36?,37?/m0/s1. The molecule has 0 aliphatic carbocycles. The first kappa shape index (κ1) is 40.5. The number of carboxylic acids is 1. The van der Waals surface area contributed by atoms with Gasteiger partial charge < -0.3 is 38.5 Å². The molecule has 0 aliphatic heterocycles. The van der Waals surface area contributed by atoms with Crippen LogP contribution in [0.15, 0.2) is 71.9 Å². The number of methoxy groups -OCH3 is 1. The number of aromatic nitrogens is 1. The molecule has 1 aromatic heterocycles. The lowest BCUT2D eigenvalue weighted by Crippen LogP contribution is -2.53. The van der Waals surface area contributed by atoms with Crippen molar-refractivity contribution in [3.05, 3.63) is 78.0 Å². The van der Waals surface area contributed by atoms with Crippen LogP contribution in [0.3, 0.4) is 0 Å². The van der Waals surface area contributed by atoms with E-state index in [1.165, 1.54) is 0 Å². The van der Waals surface area contributed by atoms with Crippen molar-refractivity contribution in [1.82, 2.24) is 4.98 Å². The Morgan fingerprint density at radius 1 is 0.796 bits per heavy atom. The molecule has 1 heterocycles. The highest BCUT2D eigenvalue weighted by Gasteiger charge is 2.44. The van der Waals surface area contributed by atoms with Crippen LogP contribution in [0.25, 0.3) is 21.7 Å². The number of nitrogens with zero attached hydrogens (tertiary/aromatic N) is 1. The van der Waals surface area contributed by atoms with Gasteiger partial charge in [0.2, 0.25) is 0 Å². The zero-order valence-electron chi connectivity index (χ0n) is 30.6. The van der Waals surface area contributed by atoms with Crippen LogP contribution in [-0.4, -0.2) is 96.3 Å². The van der Waals surface area contributed by atoms with Crippen LogP contribution in [0, 0.1) is 0 Å². The number of H-pyrrole nitrogens is 1. The van der Waals surface area contributed by atoms with E-state index in [0.717, 1.165) is 55.6 Å². The van der Waals surface area contributed by atoms with E-state index in [0.29, 0.717) is 16.9 Å². The van der Waals surface area contributed by atoms with Crippen molar-refractivity contribution < 1.29 is 62.3 Å². The van der Waals surface area contributed by atoms with E-state index in [1.54, 1.807) is 38.4 Å². The van der Waals surface area contributed by atoms with Gasteiger partial charge in [-0.2, -0.15) is 0 Å². The summed E-state index contributed by atoms with van der Waals surface area (Å²) in [7, 11) is 1.56. The molecule has 0 saturated carbocycles. The van der Waals surface area contributed by atoms with Crippen molar-refractivity contribution in [2.24, 2.45) is 4.99 Å². The maximum atomic E-state index is 13.4. The number of hydrogen-bond acceptors (Lipinski definition) is 13. The Hall–Kier alpha value is -6.25. The number of carboxylic acid groups (broad SMARTS) is 1. The summed E-state index contributed by atoms with van der Waals surface area (Å²) in [5.41, 5.74) is 2.04. The molecular weight excluding hydrogens is 704 g/mol. The minimum Gasteiger partial charge on any atom is -0.497 e. The first-order chi connectivity index (χ1) is 25.7. The topological polar surface area (TPSA) is 206 Å². The van der Waals surface area contributed by atoms with Gasteiger partial charge in [-0.05, 0) is 47.0 Å². The number of aromatic amines is 1. The number of carbonyl (C=O) groups is 6. The van der Waals surface area contributed by atoms with Crippen molar-refractivity contribution in [3.63, 3.8) is 0 Å². The number of aliphatic carboxylic acids is 1. The minimum atomic E-state index is -1.76. The predicted molar refractivity (Wildman–Crippen MR) is 194 cm³/mol. The lowest BCUT2D eigenvalue weighted by molar-refractivity contribution is -0.198. The van der Waals surface area contributed by atoms with Gasteiger partial charge in [0, 0.05) is 57.4 Å². The van der Waals surface area contributed by atoms with E-state index >= 15 is 0 Å². The maximum Gasteiger partial charge on any atom is 0.328 e. The average Bonchev–Trinajstić information content (AvgIpc) is 3.53. The number of fused-ring (bicyclic) bond motifs is 2. The number of esters is 5. The second-order valence-electron chi connectivity index (χ2n) is 12.4. The van der Waals surface area contributed by atoms with Crippen LogP contribution < -0.4 is 4.74 Å². The molecule has 0 bridgehead atoms. The van der Waals surface area contributed by atoms with E-state index < -0.39 is 78.8 Å². The Labute approximate surface area is 310 Å². The Morgan fingerprint density at radius 3 is 2.07 bits per heavy atom. The molecule has 0 aliphatic rings. The van der Waals surface area contributed by atoms with Gasteiger partial charge in [-0.15, -0.1) is 0 Å². The molecule has 5 unspecified atom stereocenters. The molecule has 0 saturated heterocycles. The van der Waals surface area contributed by atoms with Gasteiger partial charge in [0.15, 0.2) is 30.5 Å². The van der Waals surface area contributed by atoms with E-state index in [4.69, 9.17) is 28.4 Å². The Balaban J connectivity index is 1.64.